The maximum atomic E-state index is 13.6. The summed E-state index contributed by atoms with van der Waals surface area (Å²) in [6, 6.07) is 6.53. The van der Waals surface area contributed by atoms with Gasteiger partial charge in [-0.05, 0) is 51.2 Å². The zero-order valence-electron chi connectivity index (χ0n) is 18.1. The summed E-state index contributed by atoms with van der Waals surface area (Å²) >= 11 is 1.13. The van der Waals surface area contributed by atoms with Gasteiger partial charge in [-0.25, -0.2) is 0 Å². The number of methoxy groups -OCH3 is 1. The third kappa shape index (κ3) is 5.16. The normalized spacial score (nSPS) is 16.0. The molecule has 3 rings (SSSR count). The Bertz CT molecular complexity index is 858. The summed E-state index contributed by atoms with van der Waals surface area (Å²) in [5, 5.41) is 8.70. The van der Waals surface area contributed by atoms with E-state index in [0.29, 0.717) is 11.3 Å². The molecule has 0 aliphatic heterocycles. The maximum absolute atomic E-state index is 13.6. The molecule has 0 radical (unpaired) electrons. The van der Waals surface area contributed by atoms with Gasteiger partial charge in [0.15, 0.2) is 5.69 Å². The van der Waals surface area contributed by atoms with Crippen molar-refractivity contribution in [3.63, 3.8) is 0 Å². The number of aromatic nitrogens is 2. The molecule has 1 saturated carbocycles. The van der Waals surface area contributed by atoms with Crippen molar-refractivity contribution in [1.82, 2.24) is 19.8 Å². The van der Waals surface area contributed by atoms with Crippen LogP contribution in [0.25, 0.3) is 0 Å². The Morgan fingerprint density at radius 3 is 2.50 bits per heavy atom. The number of nitrogens with zero attached hydrogens (tertiary/aromatic N) is 3. The summed E-state index contributed by atoms with van der Waals surface area (Å²) in [4.78, 5) is 28.9. The summed E-state index contributed by atoms with van der Waals surface area (Å²) in [7, 11) is 1.58. The van der Waals surface area contributed by atoms with Crippen molar-refractivity contribution in [2.45, 2.75) is 70.5 Å². The van der Waals surface area contributed by atoms with Crippen molar-refractivity contribution in [1.29, 1.82) is 0 Å². The molecule has 1 aromatic carbocycles. The van der Waals surface area contributed by atoms with Crippen molar-refractivity contribution in [3.05, 3.63) is 40.9 Å². The average molecular weight is 431 g/mol. The summed E-state index contributed by atoms with van der Waals surface area (Å²) in [6.07, 6.45) is 4.92. The zero-order chi connectivity index (χ0) is 21.7. The van der Waals surface area contributed by atoms with Crippen LogP contribution in [0.1, 0.15) is 75.0 Å². The van der Waals surface area contributed by atoms with E-state index in [-0.39, 0.29) is 23.6 Å². The molecule has 0 saturated heterocycles. The van der Waals surface area contributed by atoms with Gasteiger partial charge >= 0.3 is 0 Å². The van der Waals surface area contributed by atoms with Crippen LogP contribution in [-0.2, 0) is 4.79 Å². The van der Waals surface area contributed by atoms with Crippen LogP contribution in [0, 0.1) is 0 Å². The predicted octanol–water partition coefficient (Wildman–Crippen LogP) is 3.98. The number of carbonyl (C=O) groups excluding carboxylic acids is 2. The molecule has 2 amide bonds. The summed E-state index contributed by atoms with van der Waals surface area (Å²) in [6.45, 7) is 5.80. The second-order valence-electron chi connectivity index (χ2n) is 8.68. The molecule has 1 aromatic heterocycles. The smallest absolute Gasteiger partial charge is 0.276 e. The maximum Gasteiger partial charge on any atom is 0.276 e. The van der Waals surface area contributed by atoms with Crippen LogP contribution in [-0.4, -0.2) is 45.0 Å². The van der Waals surface area contributed by atoms with Gasteiger partial charge < -0.3 is 15.0 Å². The SMILES string of the molecule is COc1ccccc1C(C(=O)NC(C)(C)C)N(C(=O)c1csnn1)C1CCCCC1. The molecule has 30 heavy (non-hydrogen) atoms. The number of carbonyl (C=O) groups is 2. The molecule has 1 aliphatic carbocycles. The number of para-hydroxylation sites is 1. The molecule has 1 aliphatic rings. The lowest BCUT2D eigenvalue weighted by atomic mass is 9.90. The van der Waals surface area contributed by atoms with Crippen LogP contribution >= 0.6 is 11.5 Å². The molecule has 162 valence electrons. The molecule has 1 heterocycles. The van der Waals surface area contributed by atoms with Crippen LogP contribution in [0.15, 0.2) is 29.6 Å². The standard InChI is InChI=1S/C22H30N4O3S/c1-22(2,3)23-20(27)19(16-12-8-9-13-18(16)29-4)26(15-10-6-5-7-11-15)21(28)17-14-30-25-24-17/h8-9,12-15,19H,5-7,10-11H2,1-4H3,(H,23,27). The lowest BCUT2D eigenvalue weighted by Crippen LogP contribution is -2.52. The van der Waals surface area contributed by atoms with Gasteiger partial charge in [-0.1, -0.05) is 41.9 Å². The topological polar surface area (TPSA) is 84.4 Å². The number of amides is 2. The Balaban J connectivity index is 2.12. The van der Waals surface area contributed by atoms with Gasteiger partial charge in [0, 0.05) is 22.5 Å². The first kappa shape index (κ1) is 22.2. The highest BCUT2D eigenvalue weighted by atomic mass is 32.1. The second-order valence-corrected chi connectivity index (χ2v) is 9.29. The molecule has 8 heteroatoms. The number of ether oxygens (including phenoxy) is 1. The van der Waals surface area contributed by atoms with Gasteiger partial charge in [0.25, 0.3) is 5.91 Å². The number of benzene rings is 1. The van der Waals surface area contributed by atoms with Gasteiger partial charge in [0.2, 0.25) is 5.91 Å². The molecule has 2 aromatic rings. The fourth-order valence-electron chi connectivity index (χ4n) is 3.99. The summed E-state index contributed by atoms with van der Waals surface area (Å²) in [5.41, 5.74) is 0.499. The van der Waals surface area contributed by atoms with Crippen molar-refractivity contribution >= 4 is 23.3 Å². The lowest BCUT2D eigenvalue weighted by molar-refractivity contribution is -0.128. The molecular formula is C22H30N4O3S. The number of nitrogens with one attached hydrogen (secondary N) is 1. The van der Waals surface area contributed by atoms with E-state index in [4.69, 9.17) is 4.74 Å². The van der Waals surface area contributed by atoms with Gasteiger partial charge in [0.1, 0.15) is 11.8 Å². The zero-order valence-corrected chi connectivity index (χ0v) is 18.9. The third-order valence-electron chi connectivity index (χ3n) is 5.24. The highest BCUT2D eigenvalue weighted by molar-refractivity contribution is 7.03. The van der Waals surface area contributed by atoms with Gasteiger partial charge in [-0.2, -0.15) is 0 Å². The van der Waals surface area contributed by atoms with Gasteiger partial charge in [-0.15, -0.1) is 5.10 Å². The number of rotatable bonds is 6. The van der Waals surface area contributed by atoms with Crippen LogP contribution in [0.3, 0.4) is 0 Å². The van der Waals surface area contributed by atoms with Crippen molar-refractivity contribution < 1.29 is 14.3 Å². The van der Waals surface area contributed by atoms with Crippen LogP contribution < -0.4 is 10.1 Å². The first-order chi connectivity index (χ1) is 14.3. The molecule has 1 atom stereocenters. The minimum Gasteiger partial charge on any atom is -0.496 e. The molecular weight excluding hydrogens is 400 g/mol. The molecule has 1 N–H and O–H groups in total. The van der Waals surface area contributed by atoms with Crippen molar-refractivity contribution in [2.75, 3.05) is 7.11 Å². The first-order valence-electron chi connectivity index (χ1n) is 10.4. The van der Waals surface area contributed by atoms with Crippen LogP contribution in [0.5, 0.6) is 5.75 Å². The second kappa shape index (κ2) is 9.55. The van der Waals surface area contributed by atoms with Crippen molar-refractivity contribution in [2.24, 2.45) is 0 Å². The minimum absolute atomic E-state index is 0.0476. The average Bonchev–Trinajstić information content (AvgIpc) is 3.25. The van der Waals surface area contributed by atoms with Gasteiger partial charge in [0.05, 0.1) is 7.11 Å². The summed E-state index contributed by atoms with van der Waals surface area (Å²) < 4.78 is 9.43. The van der Waals surface area contributed by atoms with E-state index in [1.54, 1.807) is 17.4 Å². The quantitative estimate of drug-likeness (QED) is 0.749. The molecule has 0 spiro atoms. The molecule has 1 fully saturated rings. The summed E-state index contributed by atoms with van der Waals surface area (Å²) in [5.74, 6) is 0.0845. The first-order valence-corrected chi connectivity index (χ1v) is 11.2. The highest BCUT2D eigenvalue weighted by Crippen LogP contribution is 2.36. The molecule has 0 bridgehead atoms. The predicted molar refractivity (Wildman–Crippen MR) is 117 cm³/mol. The Labute approximate surface area is 182 Å². The van der Waals surface area contributed by atoms with Crippen molar-refractivity contribution in [3.8, 4) is 5.75 Å². The Morgan fingerprint density at radius 1 is 1.20 bits per heavy atom. The fourth-order valence-corrected chi connectivity index (χ4v) is 4.42. The van der Waals surface area contributed by atoms with Crippen LogP contribution in [0.2, 0.25) is 0 Å². The Kier molecular flexibility index (Phi) is 7.07. The van der Waals surface area contributed by atoms with E-state index in [1.807, 2.05) is 45.0 Å². The van der Waals surface area contributed by atoms with Crippen LogP contribution in [0.4, 0.5) is 0 Å². The molecule has 1 unspecified atom stereocenters. The van der Waals surface area contributed by atoms with E-state index < -0.39 is 11.6 Å². The largest absolute Gasteiger partial charge is 0.496 e. The van der Waals surface area contributed by atoms with E-state index in [9.17, 15) is 9.59 Å². The Hall–Kier alpha value is -2.48. The van der Waals surface area contributed by atoms with E-state index in [0.717, 1.165) is 43.6 Å². The Morgan fingerprint density at radius 2 is 1.90 bits per heavy atom. The molecule has 7 nitrogen and oxygen atoms in total. The van der Waals surface area contributed by atoms with E-state index in [2.05, 4.69) is 14.9 Å². The number of hydrogen-bond acceptors (Lipinski definition) is 6. The fraction of sp³-hybridized carbons (Fsp3) is 0.545. The number of hydrogen-bond donors (Lipinski definition) is 1. The lowest BCUT2D eigenvalue weighted by Gasteiger charge is -2.40. The monoisotopic (exact) mass is 430 g/mol. The minimum atomic E-state index is -0.822. The van der Waals surface area contributed by atoms with E-state index in [1.165, 1.54) is 0 Å². The van der Waals surface area contributed by atoms with E-state index >= 15 is 0 Å². The highest BCUT2D eigenvalue weighted by Gasteiger charge is 2.40. The van der Waals surface area contributed by atoms with Gasteiger partial charge in [-0.3, -0.25) is 9.59 Å². The third-order valence-corrected chi connectivity index (χ3v) is 5.74.